The van der Waals surface area contributed by atoms with Crippen LogP contribution >= 0.6 is 0 Å². The molecule has 2 aromatic carbocycles. The lowest BCUT2D eigenvalue weighted by atomic mass is 10.1. The third-order valence-corrected chi connectivity index (χ3v) is 4.19. The van der Waals surface area contributed by atoms with Crippen molar-refractivity contribution in [2.24, 2.45) is 0 Å². The van der Waals surface area contributed by atoms with E-state index >= 15 is 0 Å². The summed E-state index contributed by atoms with van der Waals surface area (Å²) in [6.07, 6.45) is 0.321. The molecule has 0 aliphatic carbocycles. The number of nitrogens with one attached hydrogen (secondary N) is 1. The summed E-state index contributed by atoms with van der Waals surface area (Å²) in [6, 6.07) is 11.1. The number of hydrogen-bond donors (Lipinski definition) is 2. The van der Waals surface area contributed by atoms with Crippen LogP contribution < -0.4 is 10.2 Å². The minimum Gasteiger partial charge on any atom is -0.480 e. The number of imide groups is 1. The smallest absolute Gasteiger partial charge is 0.326 e. The Kier molecular flexibility index (Phi) is 2.74. The molecule has 2 aromatic rings. The zero-order valence-corrected chi connectivity index (χ0v) is 11.9. The lowest BCUT2D eigenvalue weighted by molar-refractivity contribution is -0.137. The van der Waals surface area contributed by atoms with Crippen molar-refractivity contribution in [3.63, 3.8) is 0 Å². The molecule has 2 N–H and O–H groups in total. The first kappa shape index (κ1) is 13.5. The number of rotatable bonds is 2. The highest BCUT2D eigenvalue weighted by atomic mass is 16.4. The first-order chi connectivity index (χ1) is 11.1. The Hall–Kier alpha value is -3.15. The van der Waals surface area contributed by atoms with Crippen molar-refractivity contribution >= 4 is 29.2 Å². The lowest BCUT2D eigenvalue weighted by Gasteiger charge is -2.15. The number of amides is 2. The largest absolute Gasteiger partial charge is 0.480 e. The summed E-state index contributed by atoms with van der Waals surface area (Å²) >= 11 is 0. The molecule has 2 amide bonds. The van der Waals surface area contributed by atoms with E-state index in [1.807, 2.05) is 0 Å². The molecule has 2 heterocycles. The molecule has 4 rings (SSSR count). The molecule has 6 nitrogen and oxygen atoms in total. The third-order valence-electron chi connectivity index (χ3n) is 4.19. The Balaban J connectivity index is 1.72. The molecule has 0 saturated heterocycles. The van der Waals surface area contributed by atoms with E-state index in [4.69, 9.17) is 5.11 Å². The average Bonchev–Trinajstić information content (AvgIpc) is 3.08. The van der Waals surface area contributed by atoms with Crippen molar-refractivity contribution < 1.29 is 19.5 Å². The highest BCUT2D eigenvalue weighted by Crippen LogP contribution is 2.33. The fraction of sp³-hybridized carbons (Fsp3) is 0.118. The number of hydrogen-bond acceptors (Lipinski definition) is 4. The molecular formula is C17H12N2O4. The van der Waals surface area contributed by atoms with Crippen LogP contribution in [0.1, 0.15) is 26.3 Å². The van der Waals surface area contributed by atoms with E-state index in [2.05, 4.69) is 5.32 Å². The summed E-state index contributed by atoms with van der Waals surface area (Å²) in [6.45, 7) is 0. The van der Waals surface area contributed by atoms with Crippen molar-refractivity contribution in [2.45, 2.75) is 12.5 Å². The van der Waals surface area contributed by atoms with Crippen molar-refractivity contribution in [2.75, 3.05) is 10.2 Å². The van der Waals surface area contributed by atoms with E-state index in [-0.39, 0.29) is 11.8 Å². The number of benzene rings is 2. The molecule has 0 fully saturated rings. The number of anilines is 2. The molecule has 0 spiro atoms. The molecule has 1 unspecified atom stereocenters. The molecule has 23 heavy (non-hydrogen) atoms. The molecule has 1 atom stereocenters. The molecule has 2 aliphatic rings. The zero-order chi connectivity index (χ0) is 16.1. The Bertz CT molecular complexity index is 840. The van der Waals surface area contributed by atoms with E-state index in [1.165, 1.54) is 0 Å². The van der Waals surface area contributed by atoms with Crippen LogP contribution in [0.2, 0.25) is 0 Å². The quantitative estimate of drug-likeness (QED) is 0.828. The predicted octanol–water partition coefficient (Wildman–Crippen LogP) is 1.91. The Labute approximate surface area is 131 Å². The van der Waals surface area contributed by atoms with Gasteiger partial charge in [-0.3, -0.25) is 9.59 Å². The number of carbonyl (C=O) groups is 3. The van der Waals surface area contributed by atoms with E-state index in [0.717, 1.165) is 16.2 Å². The number of nitrogens with zero attached hydrogens (tertiary/aromatic N) is 1. The van der Waals surface area contributed by atoms with Gasteiger partial charge in [0.1, 0.15) is 6.04 Å². The highest BCUT2D eigenvalue weighted by Gasteiger charge is 2.37. The van der Waals surface area contributed by atoms with Crippen LogP contribution in [0.25, 0.3) is 0 Å². The number of aliphatic carboxylic acids is 1. The number of carboxylic acids is 1. The first-order valence-corrected chi connectivity index (χ1v) is 7.16. The van der Waals surface area contributed by atoms with Gasteiger partial charge in [0.25, 0.3) is 11.8 Å². The normalized spacial score (nSPS) is 18.6. The maximum atomic E-state index is 12.5. The number of carbonyl (C=O) groups excluding carboxylic acids is 2. The molecule has 0 aromatic heterocycles. The van der Waals surface area contributed by atoms with Gasteiger partial charge in [0.05, 0.1) is 16.8 Å². The minimum absolute atomic E-state index is 0.321. The van der Waals surface area contributed by atoms with Gasteiger partial charge in [-0.25, -0.2) is 9.69 Å². The standard InChI is InChI=1S/C17H12N2O4/c20-15-11-3-1-2-4-12(11)16(21)19(15)10-5-6-13-9(7-10)8-14(18-13)17(22)23/h1-7,14,18H,8H2,(H,22,23). The Morgan fingerprint density at radius 2 is 1.74 bits per heavy atom. The van der Waals surface area contributed by atoms with E-state index < -0.39 is 12.0 Å². The lowest BCUT2D eigenvalue weighted by Crippen LogP contribution is -2.29. The van der Waals surface area contributed by atoms with E-state index in [1.54, 1.807) is 42.5 Å². The SMILES string of the molecule is O=C(O)C1Cc2cc(N3C(=O)c4ccccc4C3=O)ccc2N1. The molecule has 0 bridgehead atoms. The highest BCUT2D eigenvalue weighted by molar-refractivity contribution is 6.34. The van der Waals surface area contributed by atoms with Crippen LogP contribution in [-0.4, -0.2) is 28.9 Å². The maximum absolute atomic E-state index is 12.5. The molecule has 0 radical (unpaired) electrons. The molecular weight excluding hydrogens is 296 g/mol. The van der Waals surface area contributed by atoms with Crippen molar-refractivity contribution in [3.05, 3.63) is 59.2 Å². The molecule has 2 aliphatic heterocycles. The Morgan fingerprint density at radius 1 is 1.09 bits per heavy atom. The van der Waals surface area contributed by atoms with Crippen molar-refractivity contribution in [1.82, 2.24) is 0 Å². The van der Waals surface area contributed by atoms with Crippen LogP contribution in [0.3, 0.4) is 0 Å². The second-order valence-corrected chi connectivity index (χ2v) is 5.57. The summed E-state index contributed by atoms with van der Waals surface area (Å²) in [4.78, 5) is 37.2. The maximum Gasteiger partial charge on any atom is 0.326 e. The fourth-order valence-corrected chi connectivity index (χ4v) is 3.06. The van der Waals surface area contributed by atoms with Gasteiger partial charge in [-0.1, -0.05) is 12.1 Å². The van der Waals surface area contributed by atoms with Crippen LogP contribution in [0.15, 0.2) is 42.5 Å². The summed E-state index contributed by atoms with van der Waals surface area (Å²) in [5, 5.41) is 12.0. The van der Waals surface area contributed by atoms with Gasteiger partial charge in [-0.05, 0) is 35.9 Å². The van der Waals surface area contributed by atoms with Crippen molar-refractivity contribution in [1.29, 1.82) is 0 Å². The number of fused-ring (bicyclic) bond motifs is 2. The van der Waals surface area contributed by atoms with Gasteiger partial charge < -0.3 is 10.4 Å². The van der Waals surface area contributed by atoms with Crippen LogP contribution in [0.4, 0.5) is 11.4 Å². The van der Waals surface area contributed by atoms with Gasteiger partial charge in [0.15, 0.2) is 0 Å². The Morgan fingerprint density at radius 3 is 2.35 bits per heavy atom. The molecule has 6 heteroatoms. The predicted molar refractivity (Wildman–Crippen MR) is 82.8 cm³/mol. The molecule has 114 valence electrons. The summed E-state index contributed by atoms with van der Waals surface area (Å²) < 4.78 is 0. The monoisotopic (exact) mass is 308 g/mol. The summed E-state index contributed by atoms with van der Waals surface area (Å²) in [7, 11) is 0. The topological polar surface area (TPSA) is 86.7 Å². The van der Waals surface area contributed by atoms with Crippen molar-refractivity contribution in [3.8, 4) is 0 Å². The summed E-state index contributed by atoms with van der Waals surface area (Å²) in [5.74, 6) is -1.64. The first-order valence-electron chi connectivity index (χ1n) is 7.16. The number of carboxylic acid groups (broad SMARTS) is 1. The second kappa shape index (κ2) is 4.67. The van der Waals surface area contributed by atoms with Gasteiger partial charge in [-0.2, -0.15) is 0 Å². The van der Waals surface area contributed by atoms with E-state index in [9.17, 15) is 14.4 Å². The second-order valence-electron chi connectivity index (χ2n) is 5.57. The zero-order valence-electron chi connectivity index (χ0n) is 11.9. The fourth-order valence-electron chi connectivity index (χ4n) is 3.06. The average molecular weight is 308 g/mol. The van der Waals surface area contributed by atoms with E-state index in [0.29, 0.717) is 23.2 Å². The van der Waals surface area contributed by atoms with Gasteiger partial charge in [0, 0.05) is 12.1 Å². The minimum atomic E-state index is -0.927. The van der Waals surface area contributed by atoms with Crippen LogP contribution in [0, 0.1) is 0 Å². The van der Waals surface area contributed by atoms with Gasteiger partial charge in [-0.15, -0.1) is 0 Å². The molecule has 0 saturated carbocycles. The van der Waals surface area contributed by atoms with Gasteiger partial charge >= 0.3 is 5.97 Å². The summed E-state index contributed by atoms with van der Waals surface area (Å²) in [5.41, 5.74) is 2.74. The van der Waals surface area contributed by atoms with Crippen LogP contribution in [0.5, 0.6) is 0 Å². The third kappa shape index (κ3) is 1.92. The van der Waals surface area contributed by atoms with Crippen LogP contribution in [-0.2, 0) is 11.2 Å². The van der Waals surface area contributed by atoms with Gasteiger partial charge in [0.2, 0.25) is 0 Å².